The van der Waals surface area contributed by atoms with Gasteiger partial charge in [-0.05, 0) is 43.2 Å². The minimum Gasteiger partial charge on any atom is -0.497 e. The number of carbonyl (C=O) groups is 2. The molecule has 0 aliphatic carbocycles. The first kappa shape index (κ1) is 19.2. The Hall–Kier alpha value is -3.62. The van der Waals surface area contributed by atoms with E-state index in [0.717, 1.165) is 25.9 Å². The lowest BCUT2D eigenvalue weighted by molar-refractivity contribution is -0.384. The van der Waals surface area contributed by atoms with Gasteiger partial charge in [-0.2, -0.15) is 0 Å². The maximum absolute atomic E-state index is 12.6. The number of hydrogen-bond acceptors (Lipinski definition) is 6. The summed E-state index contributed by atoms with van der Waals surface area (Å²) in [5.41, 5.74) is 0.333. The van der Waals surface area contributed by atoms with Crippen molar-refractivity contribution in [3.8, 4) is 5.75 Å². The van der Waals surface area contributed by atoms with Crippen LogP contribution in [0.3, 0.4) is 0 Å². The molecule has 1 amide bonds. The Kier molecular flexibility index (Phi) is 5.44. The summed E-state index contributed by atoms with van der Waals surface area (Å²) in [6.07, 6.45) is 1.93. The first-order valence-corrected chi connectivity index (χ1v) is 8.67. The van der Waals surface area contributed by atoms with E-state index in [0.29, 0.717) is 11.4 Å². The van der Waals surface area contributed by atoms with Gasteiger partial charge in [-0.1, -0.05) is 0 Å². The van der Waals surface area contributed by atoms with Crippen molar-refractivity contribution in [2.75, 3.05) is 30.4 Å². The molecule has 0 radical (unpaired) electrons. The van der Waals surface area contributed by atoms with Gasteiger partial charge in [0.1, 0.15) is 11.4 Å². The normalized spacial score (nSPS) is 13.2. The molecule has 1 saturated heterocycles. The molecule has 28 heavy (non-hydrogen) atoms. The van der Waals surface area contributed by atoms with Gasteiger partial charge in [-0.15, -0.1) is 0 Å². The number of nitro groups is 1. The number of carbonyl (C=O) groups excluding carboxylic acids is 1. The van der Waals surface area contributed by atoms with Crippen LogP contribution in [0.4, 0.5) is 17.1 Å². The average molecular weight is 385 g/mol. The van der Waals surface area contributed by atoms with Gasteiger partial charge in [0, 0.05) is 24.7 Å². The van der Waals surface area contributed by atoms with Gasteiger partial charge in [0.25, 0.3) is 11.6 Å². The molecule has 2 N–H and O–H groups in total. The van der Waals surface area contributed by atoms with Crippen LogP contribution in [-0.2, 0) is 0 Å². The zero-order valence-electron chi connectivity index (χ0n) is 15.2. The van der Waals surface area contributed by atoms with E-state index in [1.165, 1.54) is 37.4 Å². The van der Waals surface area contributed by atoms with E-state index in [9.17, 15) is 24.8 Å². The van der Waals surface area contributed by atoms with Gasteiger partial charge in [-0.3, -0.25) is 14.9 Å². The summed E-state index contributed by atoms with van der Waals surface area (Å²) in [6.45, 7) is 1.47. The van der Waals surface area contributed by atoms with E-state index in [1.807, 2.05) is 4.90 Å². The maximum Gasteiger partial charge on any atom is 0.337 e. The third-order valence-electron chi connectivity index (χ3n) is 4.59. The van der Waals surface area contributed by atoms with E-state index < -0.39 is 16.8 Å². The zero-order chi connectivity index (χ0) is 20.3. The van der Waals surface area contributed by atoms with E-state index in [-0.39, 0.29) is 22.5 Å². The lowest BCUT2D eigenvalue weighted by Crippen LogP contribution is -2.20. The molecule has 0 atom stereocenters. The summed E-state index contributed by atoms with van der Waals surface area (Å²) in [5, 5.41) is 23.3. The quantitative estimate of drug-likeness (QED) is 0.578. The predicted molar refractivity (Wildman–Crippen MR) is 102 cm³/mol. The van der Waals surface area contributed by atoms with Crippen LogP contribution in [0.2, 0.25) is 0 Å². The highest BCUT2D eigenvalue weighted by Gasteiger charge is 2.24. The van der Waals surface area contributed by atoms with Crippen molar-refractivity contribution in [2.45, 2.75) is 12.8 Å². The van der Waals surface area contributed by atoms with Crippen LogP contribution in [-0.4, -0.2) is 42.1 Å². The highest BCUT2D eigenvalue weighted by molar-refractivity contribution is 6.08. The van der Waals surface area contributed by atoms with Crippen LogP contribution in [0.25, 0.3) is 0 Å². The lowest BCUT2D eigenvalue weighted by atomic mass is 10.1. The minimum atomic E-state index is -1.23. The number of aromatic carboxylic acids is 1. The first-order valence-electron chi connectivity index (χ1n) is 8.67. The second kappa shape index (κ2) is 7.95. The van der Waals surface area contributed by atoms with Crippen molar-refractivity contribution in [2.24, 2.45) is 0 Å². The SMILES string of the molecule is COc1ccc(NC(=O)c2ccc(N3CCCC3)c([N+](=O)[O-])c2)c(C(=O)O)c1. The number of rotatable bonds is 6. The Labute approximate surface area is 160 Å². The summed E-state index contributed by atoms with van der Waals surface area (Å²) in [7, 11) is 1.40. The van der Waals surface area contributed by atoms with Gasteiger partial charge < -0.3 is 20.1 Å². The molecule has 2 aromatic rings. The number of carboxylic acids is 1. The highest BCUT2D eigenvalue weighted by Crippen LogP contribution is 2.32. The third-order valence-corrected chi connectivity index (χ3v) is 4.59. The molecule has 0 spiro atoms. The van der Waals surface area contributed by atoms with Gasteiger partial charge >= 0.3 is 5.97 Å². The molecule has 1 heterocycles. The second-order valence-corrected chi connectivity index (χ2v) is 6.33. The van der Waals surface area contributed by atoms with Gasteiger partial charge in [0.05, 0.1) is 23.3 Å². The molecule has 1 fully saturated rings. The fourth-order valence-electron chi connectivity index (χ4n) is 3.17. The minimum absolute atomic E-state index is 0.0711. The Bertz CT molecular complexity index is 937. The smallest absolute Gasteiger partial charge is 0.337 e. The molecule has 0 unspecified atom stereocenters. The number of nitrogens with zero attached hydrogens (tertiary/aromatic N) is 2. The summed E-state index contributed by atoms with van der Waals surface area (Å²) in [5.74, 6) is -1.53. The summed E-state index contributed by atoms with van der Waals surface area (Å²) in [6, 6.07) is 8.49. The molecule has 0 aromatic heterocycles. The zero-order valence-corrected chi connectivity index (χ0v) is 15.2. The van der Waals surface area contributed by atoms with Crippen LogP contribution < -0.4 is 15.0 Å². The molecule has 2 aromatic carbocycles. The molecule has 9 nitrogen and oxygen atoms in total. The summed E-state index contributed by atoms with van der Waals surface area (Å²) < 4.78 is 5.00. The monoisotopic (exact) mass is 385 g/mol. The van der Waals surface area contributed by atoms with Crippen LogP contribution >= 0.6 is 0 Å². The molecule has 9 heteroatoms. The number of hydrogen-bond donors (Lipinski definition) is 2. The Balaban J connectivity index is 1.90. The Morgan fingerprint density at radius 3 is 2.50 bits per heavy atom. The predicted octanol–water partition coefficient (Wildman–Crippen LogP) is 3.15. The number of nitro benzene ring substituents is 1. The number of carboxylic acid groups (broad SMARTS) is 1. The fourth-order valence-corrected chi connectivity index (χ4v) is 3.17. The Morgan fingerprint density at radius 1 is 1.18 bits per heavy atom. The van der Waals surface area contributed by atoms with Crippen molar-refractivity contribution in [3.63, 3.8) is 0 Å². The Morgan fingerprint density at radius 2 is 1.89 bits per heavy atom. The number of methoxy groups -OCH3 is 1. The van der Waals surface area contributed by atoms with Crippen molar-refractivity contribution in [1.29, 1.82) is 0 Å². The van der Waals surface area contributed by atoms with Crippen molar-refractivity contribution in [1.82, 2.24) is 0 Å². The van der Waals surface area contributed by atoms with Gasteiger partial charge in [0.15, 0.2) is 0 Å². The van der Waals surface area contributed by atoms with Gasteiger partial charge in [0.2, 0.25) is 0 Å². The fraction of sp³-hybridized carbons (Fsp3) is 0.263. The van der Waals surface area contributed by atoms with Crippen LogP contribution in [0, 0.1) is 10.1 Å². The van der Waals surface area contributed by atoms with Crippen molar-refractivity contribution < 1.29 is 24.4 Å². The standard InChI is InChI=1S/C19H19N3O6/c1-28-13-5-6-15(14(11-13)19(24)25)20-18(23)12-4-7-16(17(10-12)22(26)27)21-8-2-3-9-21/h4-7,10-11H,2-3,8-9H2,1H3,(H,20,23)(H,24,25). The first-order chi connectivity index (χ1) is 13.4. The van der Waals surface area contributed by atoms with Crippen molar-refractivity contribution >= 4 is 28.9 Å². The van der Waals surface area contributed by atoms with E-state index in [1.54, 1.807) is 6.07 Å². The van der Waals surface area contributed by atoms with Gasteiger partial charge in [-0.25, -0.2) is 4.79 Å². The van der Waals surface area contributed by atoms with E-state index >= 15 is 0 Å². The molecule has 1 aliphatic rings. The number of benzene rings is 2. The summed E-state index contributed by atoms with van der Waals surface area (Å²) >= 11 is 0. The largest absolute Gasteiger partial charge is 0.497 e. The van der Waals surface area contributed by atoms with Crippen LogP contribution in [0.5, 0.6) is 5.75 Å². The molecule has 146 valence electrons. The average Bonchev–Trinajstić information content (AvgIpc) is 3.22. The molecular weight excluding hydrogens is 366 g/mol. The number of nitrogens with one attached hydrogen (secondary N) is 1. The number of amides is 1. The number of ether oxygens (including phenoxy) is 1. The van der Waals surface area contributed by atoms with Crippen LogP contribution in [0.15, 0.2) is 36.4 Å². The highest BCUT2D eigenvalue weighted by atomic mass is 16.6. The summed E-state index contributed by atoms with van der Waals surface area (Å²) in [4.78, 5) is 36.9. The lowest BCUT2D eigenvalue weighted by Gasteiger charge is -2.18. The third kappa shape index (κ3) is 3.88. The topological polar surface area (TPSA) is 122 Å². The molecule has 3 rings (SSSR count). The number of anilines is 2. The molecule has 1 aliphatic heterocycles. The maximum atomic E-state index is 12.6. The van der Waals surface area contributed by atoms with E-state index in [4.69, 9.17) is 4.74 Å². The van der Waals surface area contributed by atoms with E-state index in [2.05, 4.69) is 5.32 Å². The molecule has 0 bridgehead atoms. The molecule has 0 saturated carbocycles. The molecular formula is C19H19N3O6. The van der Waals surface area contributed by atoms with Crippen molar-refractivity contribution in [3.05, 3.63) is 57.6 Å². The van der Waals surface area contributed by atoms with Crippen LogP contribution in [0.1, 0.15) is 33.6 Å². The second-order valence-electron chi connectivity index (χ2n) is 6.33.